The smallest absolute Gasteiger partial charge is 0.255 e. The highest BCUT2D eigenvalue weighted by Gasteiger charge is 2.36. The average molecular weight is 348 g/mol. The van der Waals surface area contributed by atoms with Crippen LogP contribution in [0.5, 0.6) is 0 Å². The second kappa shape index (κ2) is 7.11. The molecule has 4 rings (SSSR count). The van der Waals surface area contributed by atoms with Crippen molar-refractivity contribution >= 4 is 11.8 Å². The third-order valence-corrected chi connectivity index (χ3v) is 5.21. The van der Waals surface area contributed by atoms with Crippen LogP contribution in [0, 0.1) is 11.8 Å². The van der Waals surface area contributed by atoms with Crippen LogP contribution < -0.4 is 5.32 Å². The van der Waals surface area contributed by atoms with Gasteiger partial charge in [-0.05, 0) is 38.5 Å². The summed E-state index contributed by atoms with van der Waals surface area (Å²) in [5.41, 5.74) is 0. The van der Waals surface area contributed by atoms with Gasteiger partial charge in [-0.2, -0.15) is 4.98 Å². The fourth-order valence-corrected chi connectivity index (χ4v) is 3.50. The lowest BCUT2D eigenvalue weighted by Gasteiger charge is -2.31. The van der Waals surface area contributed by atoms with Crippen molar-refractivity contribution in [1.82, 2.24) is 20.4 Å². The molecule has 0 bridgehead atoms. The standard InChI is InChI=1S/C17H24N4O4/c22-15(11-5-7-21(8-6-11)17(23)12-3-4-12)18-10-14-19-16(25-20-14)13-2-1-9-24-13/h11-13H,1-10H2,(H,18,22)/t13-/m1/s1. The molecule has 2 aliphatic heterocycles. The number of likely N-dealkylation sites (tertiary alicyclic amines) is 1. The fourth-order valence-electron chi connectivity index (χ4n) is 3.50. The number of amides is 2. The number of nitrogens with one attached hydrogen (secondary N) is 1. The molecule has 8 heteroatoms. The maximum Gasteiger partial charge on any atom is 0.255 e. The summed E-state index contributed by atoms with van der Waals surface area (Å²) in [4.78, 5) is 30.6. The van der Waals surface area contributed by atoms with Gasteiger partial charge in [-0.25, -0.2) is 0 Å². The Morgan fingerprint density at radius 3 is 2.60 bits per heavy atom. The van der Waals surface area contributed by atoms with Gasteiger partial charge >= 0.3 is 0 Å². The van der Waals surface area contributed by atoms with E-state index in [0.29, 0.717) is 24.8 Å². The Balaban J connectivity index is 1.22. The lowest BCUT2D eigenvalue weighted by atomic mass is 9.95. The van der Waals surface area contributed by atoms with E-state index < -0.39 is 0 Å². The van der Waals surface area contributed by atoms with Crippen LogP contribution in [0.3, 0.4) is 0 Å². The second-order valence-corrected chi connectivity index (χ2v) is 7.14. The van der Waals surface area contributed by atoms with Crippen LogP contribution in [0.15, 0.2) is 4.52 Å². The van der Waals surface area contributed by atoms with Crippen LogP contribution in [-0.4, -0.2) is 46.6 Å². The zero-order valence-corrected chi connectivity index (χ0v) is 14.3. The van der Waals surface area contributed by atoms with Gasteiger partial charge in [0, 0.05) is 31.5 Å². The maximum atomic E-state index is 12.3. The third-order valence-electron chi connectivity index (χ3n) is 5.21. The van der Waals surface area contributed by atoms with Crippen LogP contribution in [0.2, 0.25) is 0 Å². The molecule has 8 nitrogen and oxygen atoms in total. The molecule has 2 amide bonds. The Labute approximate surface area is 146 Å². The van der Waals surface area contributed by atoms with E-state index in [2.05, 4.69) is 15.5 Å². The number of carbonyl (C=O) groups is 2. The first-order valence-corrected chi connectivity index (χ1v) is 9.21. The van der Waals surface area contributed by atoms with Crippen LogP contribution in [0.25, 0.3) is 0 Å². The van der Waals surface area contributed by atoms with Crippen molar-refractivity contribution in [3.63, 3.8) is 0 Å². The molecule has 3 aliphatic rings. The van der Waals surface area contributed by atoms with Crippen LogP contribution >= 0.6 is 0 Å². The van der Waals surface area contributed by atoms with Gasteiger partial charge in [0.2, 0.25) is 11.8 Å². The van der Waals surface area contributed by atoms with Crippen molar-refractivity contribution in [2.24, 2.45) is 11.8 Å². The van der Waals surface area contributed by atoms with E-state index in [1.807, 2.05) is 4.90 Å². The molecule has 0 aromatic carbocycles. The molecular weight excluding hydrogens is 324 g/mol. The summed E-state index contributed by atoms with van der Waals surface area (Å²) in [6.45, 7) is 2.34. The van der Waals surface area contributed by atoms with Gasteiger partial charge in [0.1, 0.15) is 6.10 Å². The number of aromatic nitrogens is 2. The predicted molar refractivity (Wildman–Crippen MR) is 86.1 cm³/mol. The Morgan fingerprint density at radius 2 is 1.92 bits per heavy atom. The Morgan fingerprint density at radius 1 is 1.12 bits per heavy atom. The molecule has 1 aliphatic carbocycles. The molecule has 0 spiro atoms. The van der Waals surface area contributed by atoms with Crippen molar-refractivity contribution in [2.45, 2.75) is 51.2 Å². The van der Waals surface area contributed by atoms with E-state index in [1.165, 1.54) is 0 Å². The van der Waals surface area contributed by atoms with Crippen molar-refractivity contribution < 1.29 is 18.8 Å². The number of hydrogen-bond donors (Lipinski definition) is 1. The Kier molecular flexibility index (Phi) is 4.70. The van der Waals surface area contributed by atoms with Crippen LogP contribution in [0.1, 0.15) is 56.3 Å². The Bertz CT molecular complexity index is 628. The highest BCUT2D eigenvalue weighted by Crippen LogP contribution is 2.32. The van der Waals surface area contributed by atoms with Crippen molar-refractivity contribution in [2.75, 3.05) is 19.7 Å². The molecule has 1 N–H and O–H groups in total. The predicted octanol–water partition coefficient (Wildman–Crippen LogP) is 1.19. The van der Waals surface area contributed by atoms with E-state index in [-0.39, 0.29) is 36.3 Å². The minimum Gasteiger partial charge on any atom is -0.368 e. The van der Waals surface area contributed by atoms with Gasteiger partial charge in [0.05, 0.1) is 6.54 Å². The summed E-state index contributed by atoms with van der Waals surface area (Å²) in [5, 5.41) is 6.79. The zero-order chi connectivity index (χ0) is 17.2. The Hall–Kier alpha value is -1.96. The van der Waals surface area contributed by atoms with Gasteiger partial charge in [0.25, 0.3) is 5.89 Å². The normalized spacial score (nSPS) is 24.5. The molecule has 0 unspecified atom stereocenters. The van der Waals surface area contributed by atoms with Gasteiger partial charge in [-0.3, -0.25) is 9.59 Å². The van der Waals surface area contributed by atoms with Crippen molar-refractivity contribution in [3.8, 4) is 0 Å². The van der Waals surface area contributed by atoms with E-state index in [4.69, 9.17) is 9.26 Å². The molecule has 3 heterocycles. The van der Waals surface area contributed by atoms with Gasteiger partial charge < -0.3 is 19.5 Å². The molecule has 0 radical (unpaired) electrons. The monoisotopic (exact) mass is 348 g/mol. The van der Waals surface area contributed by atoms with Gasteiger partial charge in [-0.1, -0.05) is 5.16 Å². The second-order valence-electron chi connectivity index (χ2n) is 7.14. The molecule has 1 atom stereocenters. The van der Waals surface area contributed by atoms with E-state index in [1.54, 1.807) is 0 Å². The minimum atomic E-state index is -0.106. The number of hydrogen-bond acceptors (Lipinski definition) is 6. The first-order chi connectivity index (χ1) is 12.2. The lowest BCUT2D eigenvalue weighted by Crippen LogP contribution is -2.43. The van der Waals surface area contributed by atoms with E-state index in [0.717, 1.165) is 45.1 Å². The van der Waals surface area contributed by atoms with Gasteiger partial charge in [-0.15, -0.1) is 0 Å². The molecule has 3 fully saturated rings. The highest BCUT2D eigenvalue weighted by atomic mass is 16.5. The molecule has 136 valence electrons. The first-order valence-electron chi connectivity index (χ1n) is 9.21. The minimum absolute atomic E-state index is 0.00184. The number of rotatable bonds is 5. The molecule has 1 saturated carbocycles. The SMILES string of the molecule is O=C(NCc1noc([C@H]2CCCO2)n1)C1CCN(C(=O)C2CC2)CC1. The quantitative estimate of drug-likeness (QED) is 0.858. The maximum absolute atomic E-state index is 12.3. The van der Waals surface area contributed by atoms with Gasteiger partial charge in [0.15, 0.2) is 5.82 Å². The zero-order valence-electron chi connectivity index (χ0n) is 14.3. The summed E-state index contributed by atoms with van der Waals surface area (Å²) >= 11 is 0. The van der Waals surface area contributed by atoms with Crippen molar-refractivity contribution in [1.29, 1.82) is 0 Å². The lowest BCUT2D eigenvalue weighted by molar-refractivity contribution is -0.136. The number of piperidine rings is 1. The number of ether oxygens (including phenoxy) is 1. The summed E-state index contributed by atoms with van der Waals surface area (Å²) in [7, 11) is 0. The molecular formula is C17H24N4O4. The summed E-state index contributed by atoms with van der Waals surface area (Å²) in [5.74, 6) is 1.44. The van der Waals surface area contributed by atoms with Crippen LogP contribution in [0.4, 0.5) is 0 Å². The number of carbonyl (C=O) groups excluding carboxylic acids is 2. The van der Waals surface area contributed by atoms with Crippen LogP contribution in [-0.2, 0) is 20.9 Å². The topological polar surface area (TPSA) is 97.6 Å². The number of nitrogens with zero attached hydrogens (tertiary/aromatic N) is 3. The highest BCUT2D eigenvalue weighted by molar-refractivity contribution is 5.82. The fraction of sp³-hybridized carbons (Fsp3) is 0.765. The van der Waals surface area contributed by atoms with Crippen molar-refractivity contribution in [3.05, 3.63) is 11.7 Å². The third kappa shape index (κ3) is 3.84. The first kappa shape index (κ1) is 16.5. The van der Waals surface area contributed by atoms with E-state index in [9.17, 15) is 9.59 Å². The molecule has 2 saturated heterocycles. The molecule has 1 aromatic heterocycles. The average Bonchev–Trinajstić information content (AvgIpc) is 3.15. The largest absolute Gasteiger partial charge is 0.368 e. The molecule has 1 aromatic rings. The molecule has 25 heavy (non-hydrogen) atoms. The summed E-state index contributed by atoms with van der Waals surface area (Å²) in [6.07, 6.45) is 5.28. The summed E-state index contributed by atoms with van der Waals surface area (Å²) < 4.78 is 10.7. The summed E-state index contributed by atoms with van der Waals surface area (Å²) in [6, 6.07) is 0. The van der Waals surface area contributed by atoms with E-state index >= 15 is 0 Å².